The topological polar surface area (TPSA) is 80.4 Å². The first-order chi connectivity index (χ1) is 13.9. The molecule has 0 bridgehead atoms. The second kappa shape index (κ2) is 7.44. The van der Waals surface area contributed by atoms with Crippen molar-refractivity contribution in [2.24, 2.45) is 20.0 Å². The molecule has 7 nitrogen and oxygen atoms in total. The van der Waals surface area contributed by atoms with E-state index in [4.69, 9.17) is 0 Å². The molecule has 0 spiro atoms. The lowest BCUT2D eigenvalue weighted by Gasteiger charge is -2.36. The quantitative estimate of drug-likeness (QED) is 0.727. The SMILES string of the molecule is Cn1cc(C(O)C2CCN(c3ccnc4cc(F)ccc34)CC2)c(=O)n(C)c1=O. The molecule has 0 amide bonds. The van der Waals surface area contributed by atoms with Gasteiger partial charge in [0, 0.05) is 56.7 Å². The molecule has 0 saturated carbocycles. The number of aliphatic hydroxyl groups excluding tert-OH is 1. The zero-order valence-electron chi connectivity index (χ0n) is 16.4. The Morgan fingerprint density at radius 1 is 1.17 bits per heavy atom. The summed E-state index contributed by atoms with van der Waals surface area (Å²) in [6.45, 7) is 1.40. The Morgan fingerprint density at radius 3 is 2.62 bits per heavy atom. The van der Waals surface area contributed by atoms with Gasteiger partial charge in [0.1, 0.15) is 5.82 Å². The molecular weight excluding hydrogens is 375 g/mol. The summed E-state index contributed by atoms with van der Waals surface area (Å²) in [6.07, 6.45) is 3.57. The molecule has 152 valence electrons. The zero-order chi connectivity index (χ0) is 20.7. The summed E-state index contributed by atoms with van der Waals surface area (Å²) in [5.41, 5.74) is 0.976. The number of anilines is 1. The van der Waals surface area contributed by atoms with Crippen LogP contribution >= 0.6 is 0 Å². The standard InChI is InChI=1S/C21H23FN4O3/c1-24-12-16(20(28)25(2)21(24)29)19(27)13-6-9-26(10-7-13)18-5-8-23-17-11-14(22)3-4-15(17)18/h3-5,8,11-13,19,27H,6-7,9-10H2,1-2H3. The third kappa shape index (κ3) is 3.44. The Kier molecular flexibility index (Phi) is 4.96. The van der Waals surface area contributed by atoms with E-state index in [0.717, 1.165) is 15.6 Å². The number of aryl methyl sites for hydroxylation is 1. The average Bonchev–Trinajstić information content (AvgIpc) is 2.73. The third-order valence-electron chi connectivity index (χ3n) is 5.80. The Balaban J connectivity index is 1.55. The van der Waals surface area contributed by atoms with Crippen molar-refractivity contribution < 1.29 is 9.50 Å². The van der Waals surface area contributed by atoms with E-state index in [0.29, 0.717) is 31.4 Å². The van der Waals surface area contributed by atoms with Crippen molar-refractivity contribution >= 4 is 16.6 Å². The number of aliphatic hydroxyl groups is 1. The molecule has 2 aromatic heterocycles. The van der Waals surface area contributed by atoms with Crippen LogP contribution in [0.15, 0.2) is 46.2 Å². The fourth-order valence-electron chi connectivity index (χ4n) is 4.13. The molecule has 1 aliphatic rings. The largest absolute Gasteiger partial charge is 0.388 e. The van der Waals surface area contributed by atoms with Crippen molar-refractivity contribution in [3.05, 3.63) is 68.9 Å². The molecule has 0 radical (unpaired) electrons. The van der Waals surface area contributed by atoms with Gasteiger partial charge in [0.15, 0.2) is 0 Å². The molecule has 1 unspecified atom stereocenters. The van der Waals surface area contributed by atoms with E-state index in [1.165, 1.54) is 29.9 Å². The first-order valence-corrected chi connectivity index (χ1v) is 9.60. The number of pyridine rings is 1. The number of nitrogens with zero attached hydrogens (tertiary/aromatic N) is 4. The molecular formula is C21H23FN4O3. The maximum Gasteiger partial charge on any atom is 0.330 e. The van der Waals surface area contributed by atoms with Crippen LogP contribution in [0.5, 0.6) is 0 Å². The highest BCUT2D eigenvalue weighted by Gasteiger charge is 2.29. The third-order valence-corrected chi connectivity index (χ3v) is 5.80. The van der Waals surface area contributed by atoms with E-state index < -0.39 is 17.4 Å². The number of benzene rings is 1. The Morgan fingerprint density at radius 2 is 1.90 bits per heavy atom. The summed E-state index contributed by atoms with van der Waals surface area (Å²) in [6, 6.07) is 6.51. The Bertz CT molecular complexity index is 1180. The summed E-state index contributed by atoms with van der Waals surface area (Å²) in [5.74, 6) is -0.398. The minimum atomic E-state index is -0.925. The van der Waals surface area contributed by atoms with Gasteiger partial charge in [-0.2, -0.15) is 0 Å². The molecule has 1 fully saturated rings. The molecule has 29 heavy (non-hydrogen) atoms. The van der Waals surface area contributed by atoms with Crippen molar-refractivity contribution in [1.82, 2.24) is 14.1 Å². The van der Waals surface area contributed by atoms with Crippen molar-refractivity contribution in [2.75, 3.05) is 18.0 Å². The number of rotatable bonds is 3. The van der Waals surface area contributed by atoms with Crippen LogP contribution in [-0.2, 0) is 14.1 Å². The van der Waals surface area contributed by atoms with Crippen LogP contribution < -0.4 is 16.1 Å². The van der Waals surface area contributed by atoms with Crippen LogP contribution in [0.4, 0.5) is 10.1 Å². The number of hydrogen-bond acceptors (Lipinski definition) is 5. The second-order valence-electron chi connectivity index (χ2n) is 7.60. The lowest BCUT2D eigenvalue weighted by Crippen LogP contribution is -2.41. The molecule has 3 aromatic rings. The molecule has 1 saturated heterocycles. The number of aromatic nitrogens is 3. The molecule has 8 heteroatoms. The van der Waals surface area contributed by atoms with Gasteiger partial charge in [-0.15, -0.1) is 0 Å². The van der Waals surface area contributed by atoms with E-state index in [1.807, 2.05) is 6.07 Å². The highest BCUT2D eigenvalue weighted by Crippen LogP contribution is 2.33. The summed E-state index contributed by atoms with van der Waals surface area (Å²) in [7, 11) is 2.98. The highest BCUT2D eigenvalue weighted by molar-refractivity contribution is 5.91. The fraction of sp³-hybridized carbons (Fsp3) is 0.381. The van der Waals surface area contributed by atoms with Gasteiger partial charge in [0.05, 0.1) is 17.2 Å². The minimum Gasteiger partial charge on any atom is -0.388 e. The maximum absolute atomic E-state index is 13.5. The molecule has 1 N–H and O–H groups in total. The molecule has 3 heterocycles. The minimum absolute atomic E-state index is 0.0815. The Labute approximate surface area is 166 Å². The monoisotopic (exact) mass is 398 g/mol. The van der Waals surface area contributed by atoms with Crippen molar-refractivity contribution in [3.63, 3.8) is 0 Å². The van der Waals surface area contributed by atoms with Gasteiger partial charge in [0.25, 0.3) is 5.56 Å². The van der Waals surface area contributed by atoms with Crippen molar-refractivity contribution in [2.45, 2.75) is 18.9 Å². The van der Waals surface area contributed by atoms with E-state index in [2.05, 4.69) is 9.88 Å². The van der Waals surface area contributed by atoms with E-state index in [1.54, 1.807) is 19.3 Å². The lowest BCUT2D eigenvalue weighted by atomic mass is 9.88. The Hall–Kier alpha value is -3.00. The number of halogens is 1. The van der Waals surface area contributed by atoms with Crippen LogP contribution in [0.25, 0.3) is 10.9 Å². The van der Waals surface area contributed by atoms with Crippen LogP contribution in [0.2, 0.25) is 0 Å². The summed E-state index contributed by atoms with van der Waals surface area (Å²) in [5, 5.41) is 11.7. The summed E-state index contributed by atoms with van der Waals surface area (Å²) in [4.78, 5) is 30.7. The van der Waals surface area contributed by atoms with Gasteiger partial charge in [-0.1, -0.05) is 0 Å². The zero-order valence-corrected chi connectivity index (χ0v) is 16.4. The summed E-state index contributed by atoms with van der Waals surface area (Å²) >= 11 is 0. The molecule has 1 atom stereocenters. The predicted molar refractivity (Wildman–Crippen MR) is 109 cm³/mol. The second-order valence-corrected chi connectivity index (χ2v) is 7.60. The predicted octanol–water partition coefficient (Wildman–Crippen LogP) is 1.72. The van der Waals surface area contributed by atoms with Gasteiger partial charge < -0.3 is 14.6 Å². The number of fused-ring (bicyclic) bond motifs is 1. The van der Waals surface area contributed by atoms with Crippen LogP contribution in [0, 0.1) is 11.7 Å². The number of piperidine rings is 1. The van der Waals surface area contributed by atoms with Crippen LogP contribution in [0.1, 0.15) is 24.5 Å². The van der Waals surface area contributed by atoms with Gasteiger partial charge in [-0.25, -0.2) is 9.18 Å². The average molecular weight is 398 g/mol. The van der Waals surface area contributed by atoms with E-state index >= 15 is 0 Å². The first-order valence-electron chi connectivity index (χ1n) is 9.60. The molecule has 4 rings (SSSR count). The van der Waals surface area contributed by atoms with Gasteiger partial charge in [-0.05, 0) is 37.0 Å². The highest BCUT2D eigenvalue weighted by atomic mass is 19.1. The van der Waals surface area contributed by atoms with Crippen LogP contribution in [-0.4, -0.2) is 32.3 Å². The van der Waals surface area contributed by atoms with Gasteiger partial charge in [-0.3, -0.25) is 14.3 Å². The van der Waals surface area contributed by atoms with Gasteiger partial charge >= 0.3 is 5.69 Å². The summed E-state index contributed by atoms with van der Waals surface area (Å²) < 4.78 is 15.8. The normalized spacial score (nSPS) is 16.3. The van der Waals surface area contributed by atoms with E-state index in [9.17, 15) is 19.1 Å². The lowest BCUT2D eigenvalue weighted by molar-refractivity contribution is 0.0904. The van der Waals surface area contributed by atoms with Crippen molar-refractivity contribution in [3.8, 4) is 0 Å². The maximum atomic E-state index is 13.5. The number of hydrogen-bond donors (Lipinski definition) is 1. The van der Waals surface area contributed by atoms with Gasteiger partial charge in [0.2, 0.25) is 0 Å². The molecule has 0 aliphatic carbocycles. The van der Waals surface area contributed by atoms with E-state index in [-0.39, 0.29) is 17.3 Å². The smallest absolute Gasteiger partial charge is 0.330 e. The molecule has 1 aliphatic heterocycles. The molecule has 1 aromatic carbocycles. The van der Waals surface area contributed by atoms with Crippen molar-refractivity contribution in [1.29, 1.82) is 0 Å². The van der Waals surface area contributed by atoms with Crippen LogP contribution in [0.3, 0.4) is 0 Å². The fourth-order valence-corrected chi connectivity index (χ4v) is 4.13. The first kappa shape index (κ1) is 19.3.